The van der Waals surface area contributed by atoms with Crippen LogP contribution >= 0.6 is 0 Å². The first-order valence-corrected chi connectivity index (χ1v) is 5.84. The minimum absolute atomic E-state index is 0.230. The van der Waals surface area contributed by atoms with Crippen LogP contribution in [-0.2, 0) is 14.2 Å². The van der Waals surface area contributed by atoms with Crippen LogP contribution < -0.4 is 0 Å². The fourth-order valence-electron chi connectivity index (χ4n) is 2.04. The molecule has 4 heteroatoms. The van der Waals surface area contributed by atoms with Crippen LogP contribution in [0.4, 0.5) is 0 Å². The summed E-state index contributed by atoms with van der Waals surface area (Å²) in [6.45, 7) is 9.53. The van der Waals surface area contributed by atoms with E-state index in [4.69, 9.17) is 14.2 Å². The third-order valence-corrected chi connectivity index (χ3v) is 3.20. The van der Waals surface area contributed by atoms with Gasteiger partial charge in [0.2, 0.25) is 0 Å². The Hall–Kier alpha value is -0.160. The highest BCUT2D eigenvalue weighted by Crippen LogP contribution is 2.26. The van der Waals surface area contributed by atoms with Gasteiger partial charge in [-0.25, -0.2) is 0 Å². The third kappa shape index (κ3) is 2.91. The maximum Gasteiger partial charge on any atom is 0.165 e. The number of nitrogens with zero attached hydrogens (tertiary/aromatic N) is 1. The van der Waals surface area contributed by atoms with Gasteiger partial charge in [-0.1, -0.05) is 6.92 Å². The van der Waals surface area contributed by atoms with E-state index in [1.807, 2.05) is 6.92 Å². The van der Waals surface area contributed by atoms with Gasteiger partial charge in [-0.05, 0) is 13.3 Å². The van der Waals surface area contributed by atoms with Crippen LogP contribution in [0.1, 0.15) is 20.3 Å². The van der Waals surface area contributed by atoms with E-state index in [0.717, 1.165) is 45.9 Å². The van der Waals surface area contributed by atoms with Crippen molar-refractivity contribution < 1.29 is 14.2 Å². The molecule has 0 amide bonds. The van der Waals surface area contributed by atoms with Crippen LogP contribution in [0.3, 0.4) is 0 Å². The Morgan fingerprint density at radius 1 is 1.33 bits per heavy atom. The molecule has 0 spiro atoms. The summed E-state index contributed by atoms with van der Waals surface area (Å²) in [6.07, 6.45) is 1.14. The molecule has 0 bridgehead atoms. The van der Waals surface area contributed by atoms with Gasteiger partial charge < -0.3 is 14.2 Å². The van der Waals surface area contributed by atoms with Crippen LogP contribution in [0.2, 0.25) is 0 Å². The predicted molar refractivity (Wildman–Crippen MR) is 56.8 cm³/mol. The number of ether oxygens (including phenoxy) is 3. The van der Waals surface area contributed by atoms with Gasteiger partial charge in [-0.15, -0.1) is 0 Å². The van der Waals surface area contributed by atoms with Gasteiger partial charge in [0.25, 0.3) is 0 Å². The molecule has 0 radical (unpaired) electrons. The van der Waals surface area contributed by atoms with Gasteiger partial charge in [0.1, 0.15) is 0 Å². The lowest BCUT2D eigenvalue weighted by Crippen LogP contribution is -2.42. The van der Waals surface area contributed by atoms with Crippen LogP contribution in [0, 0.1) is 0 Å². The SMILES string of the molecule is CCC1(C)OCC(CN2CCOCC2)O1. The molecule has 0 N–H and O–H groups in total. The Labute approximate surface area is 91.5 Å². The second-order valence-electron chi connectivity index (χ2n) is 4.45. The van der Waals surface area contributed by atoms with Crippen LogP contribution in [0.5, 0.6) is 0 Å². The van der Waals surface area contributed by atoms with Crippen molar-refractivity contribution in [2.75, 3.05) is 39.5 Å². The smallest absolute Gasteiger partial charge is 0.165 e. The topological polar surface area (TPSA) is 30.9 Å². The number of morpholine rings is 1. The van der Waals surface area contributed by atoms with Gasteiger partial charge in [0.05, 0.1) is 25.9 Å². The lowest BCUT2D eigenvalue weighted by molar-refractivity contribution is -0.157. The van der Waals surface area contributed by atoms with Crippen LogP contribution in [-0.4, -0.2) is 56.2 Å². The molecule has 2 fully saturated rings. The third-order valence-electron chi connectivity index (χ3n) is 3.20. The molecule has 2 aliphatic rings. The average Bonchev–Trinajstić information content (AvgIpc) is 2.63. The van der Waals surface area contributed by atoms with E-state index in [2.05, 4.69) is 11.8 Å². The van der Waals surface area contributed by atoms with Crippen molar-refractivity contribution in [3.63, 3.8) is 0 Å². The lowest BCUT2D eigenvalue weighted by atomic mass is 10.2. The van der Waals surface area contributed by atoms with Gasteiger partial charge in [0.15, 0.2) is 5.79 Å². The molecule has 0 aliphatic carbocycles. The maximum absolute atomic E-state index is 5.90. The summed E-state index contributed by atoms with van der Waals surface area (Å²) >= 11 is 0. The minimum atomic E-state index is -0.350. The van der Waals surface area contributed by atoms with E-state index < -0.39 is 0 Å². The Morgan fingerprint density at radius 3 is 2.67 bits per heavy atom. The van der Waals surface area contributed by atoms with Crippen molar-refractivity contribution in [2.45, 2.75) is 32.2 Å². The summed E-state index contributed by atoms with van der Waals surface area (Å²) < 4.78 is 16.9. The second-order valence-corrected chi connectivity index (χ2v) is 4.45. The molecular weight excluding hydrogens is 194 g/mol. The van der Waals surface area contributed by atoms with E-state index in [1.54, 1.807) is 0 Å². The molecule has 0 saturated carbocycles. The largest absolute Gasteiger partial charge is 0.379 e. The monoisotopic (exact) mass is 215 g/mol. The highest BCUT2D eigenvalue weighted by atomic mass is 16.7. The molecule has 0 aromatic heterocycles. The average molecular weight is 215 g/mol. The summed E-state index contributed by atoms with van der Waals surface area (Å²) in [5.74, 6) is -0.350. The van der Waals surface area contributed by atoms with Crippen molar-refractivity contribution in [2.24, 2.45) is 0 Å². The van der Waals surface area contributed by atoms with Crippen molar-refractivity contribution in [3.05, 3.63) is 0 Å². The number of rotatable bonds is 3. The van der Waals surface area contributed by atoms with E-state index in [1.165, 1.54) is 0 Å². The Balaban J connectivity index is 1.76. The Kier molecular flexibility index (Phi) is 3.61. The molecule has 2 unspecified atom stereocenters. The first-order valence-electron chi connectivity index (χ1n) is 5.84. The molecule has 2 heterocycles. The second kappa shape index (κ2) is 4.78. The fourth-order valence-corrected chi connectivity index (χ4v) is 2.04. The van der Waals surface area contributed by atoms with Gasteiger partial charge in [-0.3, -0.25) is 4.90 Å². The van der Waals surface area contributed by atoms with E-state index >= 15 is 0 Å². The summed E-state index contributed by atoms with van der Waals surface area (Å²) in [5.41, 5.74) is 0. The van der Waals surface area contributed by atoms with Crippen LogP contribution in [0.25, 0.3) is 0 Å². The van der Waals surface area contributed by atoms with E-state index in [-0.39, 0.29) is 11.9 Å². The first kappa shape index (κ1) is 11.3. The van der Waals surface area contributed by atoms with Crippen molar-refractivity contribution >= 4 is 0 Å². The standard InChI is InChI=1S/C11H21NO3/c1-3-11(2)14-9-10(15-11)8-12-4-6-13-7-5-12/h10H,3-9H2,1-2H3. The van der Waals surface area contributed by atoms with Gasteiger partial charge in [-0.2, -0.15) is 0 Å². The summed E-state index contributed by atoms with van der Waals surface area (Å²) in [4.78, 5) is 2.39. The minimum Gasteiger partial charge on any atom is -0.379 e. The van der Waals surface area contributed by atoms with E-state index in [9.17, 15) is 0 Å². The fraction of sp³-hybridized carbons (Fsp3) is 1.00. The highest BCUT2D eigenvalue weighted by molar-refractivity contribution is 4.77. The molecule has 88 valence electrons. The van der Waals surface area contributed by atoms with Crippen molar-refractivity contribution in [3.8, 4) is 0 Å². The molecule has 15 heavy (non-hydrogen) atoms. The molecule has 2 saturated heterocycles. The zero-order chi connectivity index (χ0) is 10.7. The lowest BCUT2D eigenvalue weighted by Gasteiger charge is -2.29. The normalized spacial score (nSPS) is 38.4. The summed E-state index contributed by atoms with van der Waals surface area (Å²) in [6, 6.07) is 0. The molecule has 2 aliphatic heterocycles. The molecular formula is C11H21NO3. The summed E-state index contributed by atoms with van der Waals surface area (Å²) in [7, 11) is 0. The summed E-state index contributed by atoms with van der Waals surface area (Å²) in [5, 5.41) is 0. The van der Waals surface area contributed by atoms with Gasteiger partial charge in [0, 0.05) is 19.6 Å². The number of hydrogen-bond acceptors (Lipinski definition) is 4. The molecule has 0 aromatic rings. The predicted octanol–water partition coefficient (Wildman–Crippen LogP) is 0.860. The molecule has 2 atom stereocenters. The zero-order valence-corrected chi connectivity index (χ0v) is 9.70. The van der Waals surface area contributed by atoms with Gasteiger partial charge >= 0.3 is 0 Å². The quantitative estimate of drug-likeness (QED) is 0.698. The molecule has 0 aromatic carbocycles. The molecule has 2 rings (SSSR count). The van der Waals surface area contributed by atoms with E-state index in [0.29, 0.717) is 0 Å². The molecule has 4 nitrogen and oxygen atoms in total. The maximum atomic E-state index is 5.90. The highest BCUT2D eigenvalue weighted by Gasteiger charge is 2.36. The Morgan fingerprint density at radius 2 is 2.07 bits per heavy atom. The Bertz CT molecular complexity index is 206. The number of hydrogen-bond donors (Lipinski definition) is 0. The van der Waals surface area contributed by atoms with Crippen molar-refractivity contribution in [1.29, 1.82) is 0 Å². The first-order chi connectivity index (χ1) is 7.22. The zero-order valence-electron chi connectivity index (χ0n) is 9.70. The van der Waals surface area contributed by atoms with Crippen LogP contribution in [0.15, 0.2) is 0 Å². The van der Waals surface area contributed by atoms with Crippen molar-refractivity contribution in [1.82, 2.24) is 4.90 Å².